The van der Waals surface area contributed by atoms with E-state index in [1.54, 1.807) is 0 Å². The Bertz CT molecular complexity index is 457. The number of thiophene rings is 1. The number of hydrogen-bond acceptors (Lipinski definition) is 2. The fraction of sp³-hybridized carbons (Fsp3) is 0.250. The molecule has 0 spiro atoms. The van der Waals surface area contributed by atoms with Gasteiger partial charge in [-0.15, -0.1) is 11.3 Å². The first-order valence-corrected chi connectivity index (χ1v) is 5.48. The highest BCUT2D eigenvalue weighted by Gasteiger charge is 2.06. The van der Waals surface area contributed by atoms with Gasteiger partial charge < -0.3 is 0 Å². The van der Waals surface area contributed by atoms with Crippen LogP contribution in [0.5, 0.6) is 0 Å². The van der Waals surface area contributed by atoms with E-state index in [1.807, 2.05) is 23.6 Å². The molecule has 1 nitrogen and oxygen atoms in total. The predicted molar refractivity (Wildman–Crippen MR) is 61.8 cm³/mol. The van der Waals surface area contributed by atoms with E-state index in [4.69, 9.17) is 0 Å². The molecule has 2 heterocycles. The molecule has 2 aromatic rings. The quantitative estimate of drug-likeness (QED) is 0.688. The molecule has 0 unspecified atom stereocenters. The Morgan fingerprint density at radius 3 is 2.50 bits per heavy atom. The molecule has 0 N–H and O–H groups in total. The highest BCUT2D eigenvalue weighted by molar-refractivity contribution is 7.12. The van der Waals surface area contributed by atoms with Gasteiger partial charge >= 0.3 is 0 Å². The van der Waals surface area contributed by atoms with E-state index in [-0.39, 0.29) is 0 Å². The van der Waals surface area contributed by atoms with E-state index >= 15 is 0 Å². The number of aryl methyl sites for hydroxylation is 3. The van der Waals surface area contributed by atoms with Crippen LogP contribution in [0.15, 0.2) is 24.4 Å². The van der Waals surface area contributed by atoms with Crippen LogP contribution in [0.4, 0.5) is 0 Å². The summed E-state index contributed by atoms with van der Waals surface area (Å²) in [5.74, 6) is 0. The van der Waals surface area contributed by atoms with E-state index in [0.29, 0.717) is 0 Å². The zero-order valence-corrected chi connectivity index (χ0v) is 9.48. The minimum atomic E-state index is 1.09. The van der Waals surface area contributed by atoms with Gasteiger partial charge in [0.2, 0.25) is 0 Å². The smallest absolute Gasteiger partial charge is 0.0715 e. The van der Waals surface area contributed by atoms with Crippen molar-refractivity contribution in [3.63, 3.8) is 0 Å². The molecule has 0 saturated heterocycles. The first-order chi connectivity index (χ1) is 6.66. The maximum Gasteiger partial charge on any atom is 0.0715 e. The SMILES string of the molecule is Cc1ccnc(-c2cc(C)sc2C)c1. The highest BCUT2D eigenvalue weighted by Crippen LogP contribution is 2.29. The maximum absolute atomic E-state index is 4.39. The van der Waals surface area contributed by atoms with Crippen LogP contribution in [0.25, 0.3) is 11.3 Å². The Kier molecular flexibility index (Phi) is 2.38. The third kappa shape index (κ3) is 1.70. The Morgan fingerprint density at radius 1 is 1.14 bits per heavy atom. The summed E-state index contributed by atoms with van der Waals surface area (Å²) in [4.78, 5) is 7.09. The minimum absolute atomic E-state index is 1.09. The molecule has 0 bridgehead atoms. The molecule has 0 fully saturated rings. The van der Waals surface area contributed by atoms with Crippen molar-refractivity contribution < 1.29 is 0 Å². The van der Waals surface area contributed by atoms with Crippen molar-refractivity contribution in [3.05, 3.63) is 39.7 Å². The molecule has 72 valence electrons. The van der Waals surface area contributed by atoms with Gasteiger partial charge in [0.15, 0.2) is 0 Å². The predicted octanol–water partition coefficient (Wildman–Crippen LogP) is 3.74. The summed E-state index contributed by atoms with van der Waals surface area (Å²) in [7, 11) is 0. The average Bonchev–Trinajstić information content (AvgIpc) is 2.45. The number of pyridine rings is 1. The number of hydrogen-bond donors (Lipinski definition) is 0. The molecular weight excluding hydrogens is 190 g/mol. The van der Waals surface area contributed by atoms with Gasteiger partial charge in [0, 0.05) is 21.5 Å². The Labute approximate surface area is 88.4 Å². The van der Waals surface area contributed by atoms with Crippen molar-refractivity contribution in [2.75, 3.05) is 0 Å². The largest absolute Gasteiger partial charge is 0.256 e. The first kappa shape index (κ1) is 9.41. The van der Waals surface area contributed by atoms with Gasteiger partial charge in [-0.3, -0.25) is 4.98 Å². The van der Waals surface area contributed by atoms with Gasteiger partial charge in [-0.25, -0.2) is 0 Å². The third-order valence-electron chi connectivity index (χ3n) is 2.23. The van der Waals surface area contributed by atoms with E-state index < -0.39 is 0 Å². The lowest BCUT2D eigenvalue weighted by molar-refractivity contribution is 1.28. The molecule has 2 aromatic heterocycles. The first-order valence-electron chi connectivity index (χ1n) is 4.67. The summed E-state index contributed by atoms with van der Waals surface area (Å²) in [5, 5.41) is 0. The Balaban J connectivity index is 2.54. The zero-order valence-electron chi connectivity index (χ0n) is 8.66. The molecule has 2 rings (SSSR count). The molecular formula is C12H13NS. The summed E-state index contributed by atoms with van der Waals surface area (Å²) in [6, 6.07) is 6.37. The topological polar surface area (TPSA) is 12.9 Å². The number of rotatable bonds is 1. The molecule has 0 aliphatic heterocycles. The molecule has 0 aliphatic carbocycles. The Hall–Kier alpha value is -1.15. The standard InChI is InChI=1S/C12H13NS/c1-8-4-5-13-12(6-8)11-7-9(2)14-10(11)3/h4-7H,1-3H3. The highest BCUT2D eigenvalue weighted by atomic mass is 32.1. The molecule has 0 aliphatic rings. The van der Waals surface area contributed by atoms with Gasteiger partial charge in [-0.2, -0.15) is 0 Å². The van der Waals surface area contributed by atoms with Crippen LogP contribution < -0.4 is 0 Å². The molecule has 0 atom stereocenters. The van der Waals surface area contributed by atoms with Crippen LogP contribution >= 0.6 is 11.3 Å². The van der Waals surface area contributed by atoms with Crippen LogP contribution in [0.2, 0.25) is 0 Å². The molecule has 0 amide bonds. The fourth-order valence-corrected chi connectivity index (χ4v) is 2.50. The summed E-state index contributed by atoms with van der Waals surface area (Å²) in [5.41, 5.74) is 3.63. The fourth-order valence-electron chi connectivity index (χ4n) is 1.57. The van der Waals surface area contributed by atoms with Crippen molar-refractivity contribution in [1.29, 1.82) is 0 Å². The molecule has 0 saturated carbocycles. The minimum Gasteiger partial charge on any atom is -0.256 e. The third-order valence-corrected chi connectivity index (χ3v) is 3.20. The lowest BCUT2D eigenvalue weighted by atomic mass is 10.1. The second-order valence-electron chi connectivity index (χ2n) is 3.55. The molecule has 0 aromatic carbocycles. The lowest BCUT2D eigenvalue weighted by Crippen LogP contribution is -1.83. The van der Waals surface area contributed by atoms with Crippen LogP contribution in [0, 0.1) is 20.8 Å². The number of nitrogens with zero attached hydrogens (tertiary/aromatic N) is 1. The van der Waals surface area contributed by atoms with Gasteiger partial charge in [0.05, 0.1) is 5.69 Å². The second kappa shape index (κ2) is 3.54. The molecule has 2 heteroatoms. The van der Waals surface area contributed by atoms with Crippen LogP contribution in [-0.2, 0) is 0 Å². The lowest BCUT2D eigenvalue weighted by Gasteiger charge is -1.99. The molecule has 14 heavy (non-hydrogen) atoms. The zero-order chi connectivity index (χ0) is 10.1. The van der Waals surface area contributed by atoms with Crippen molar-refractivity contribution in [3.8, 4) is 11.3 Å². The van der Waals surface area contributed by atoms with Gasteiger partial charge in [0.25, 0.3) is 0 Å². The van der Waals surface area contributed by atoms with Gasteiger partial charge in [-0.1, -0.05) is 0 Å². The van der Waals surface area contributed by atoms with E-state index in [0.717, 1.165) is 5.69 Å². The monoisotopic (exact) mass is 203 g/mol. The Morgan fingerprint density at radius 2 is 1.93 bits per heavy atom. The van der Waals surface area contributed by atoms with Crippen LogP contribution in [0.3, 0.4) is 0 Å². The summed E-state index contributed by atoms with van der Waals surface area (Å²) in [6.45, 7) is 6.38. The van der Waals surface area contributed by atoms with Crippen LogP contribution in [0.1, 0.15) is 15.3 Å². The normalized spacial score (nSPS) is 10.5. The van der Waals surface area contributed by atoms with E-state index in [9.17, 15) is 0 Å². The summed E-state index contributed by atoms with van der Waals surface area (Å²) < 4.78 is 0. The van der Waals surface area contributed by atoms with Gasteiger partial charge in [-0.05, 0) is 44.5 Å². The number of aromatic nitrogens is 1. The van der Waals surface area contributed by atoms with E-state index in [1.165, 1.54) is 20.9 Å². The van der Waals surface area contributed by atoms with Crippen LogP contribution in [-0.4, -0.2) is 4.98 Å². The van der Waals surface area contributed by atoms with Crippen molar-refractivity contribution in [1.82, 2.24) is 4.98 Å². The summed E-state index contributed by atoms with van der Waals surface area (Å²) in [6.07, 6.45) is 1.87. The van der Waals surface area contributed by atoms with Gasteiger partial charge in [0.1, 0.15) is 0 Å². The maximum atomic E-state index is 4.39. The summed E-state index contributed by atoms with van der Waals surface area (Å²) >= 11 is 1.83. The average molecular weight is 203 g/mol. The van der Waals surface area contributed by atoms with Crippen molar-refractivity contribution in [2.45, 2.75) is 20.8 Å². The second-order valence-corrected chi connectivity index (χ2v) is 5.01. The van der Waals surface area contributed by atoms with Crippen molar-refractivity contribution >= 4 is 11.3 Å². The van der Waals surface area contributed by atoms with E-state index in [2.05, 4.69) is 37.9 Å². The molecule has 0 radical (unpaired) electrons. The van der Waals surface area contributed by atoms with Crippen molar-refractivity contribution in [2.24, 2.45) is 0 Å².